The van der Waals surface area contributed by atoms with Gasteiger partial charge in [0.15, 0.2) is 0 Å². The largest absolute Gasteiger partial charge is 0.519 e. The first-order chi connectivity index (χ1) is 17.6. The second-order valence-electron chi connectivity index (χ2n) is 9.97. The van der Waals surface area contributed by atoms with Gasteiger partial charge in [-0.15, -0.1) is 0 Å². The standard InChI is InChI=1S/C32H37FO3/c1-3-5-7-24-8-12-25(13-9-24)27-16-21-30(31(33)22-27)26-14-19-29(20-15-26)36-32(34)35-28-17-10-23(6-4-2)11-18-28/h10-11,14-22,24-25H,3-9,12-13H2,1-2H3/t24-,25-. The Labute approximate surface area is 214 Å². The van der Waals surface area contributed by atoms with Crippen molar-refractivity contribution in [2.75, 3.05) is 0 Å². The van der Waals surface area contributed by atoms with E-state index in [9.17, 15) is 4.79 Å². The minimum atomic E-state index is -0.800. The fourth-order valence-corrected chi connectivity index (χ4v) is 5.23. The van der Waals surface area contributed by atoms with Crippen LogP contribution in [0.15, 0.2) is 66.7 Å². The van der Waals surface area contributed by atoms with Crippen LogP contribution >= 0.6 is 0 Å². The molecule has 0 spiro atoms. The number of benzene rings is 3. The molecule has 0 heterocycles. The van der Waals surface area contributed by atoms with Gasteiger partial charge in [0.25, 0.3) is 0 Å². The van der Waals surface area contributed by atoms with Gasteiger partial charge >= 0.3 is 6.16 Å². The highest BCUT2D eigenvalue weighted by Gasteiger charge is 2.23. The third-order valence-electron chi connectivity index (χ3n) is 7.31. The topological polar surface area (TPSA) is 35.5 Å². The smallest absolute Gasteiger partial charge is 0.395 e. The van der Waals surface area contributed by atoms with E-state index in [0.717, 1.165) is 42.7 Å². The quantitative estimate of drug-likeness (QED) is 0.222. The Hall–Kier alpha value is -3.14. The van der Waals surface area contributed by atoms with Crippen LogP contribution in [0.1, 0.15) is 82.3 Å². The molecule has 0 atom stereocenters. The summed E-state index contributed by atoms with van der Waals surface area (Å²) in [5.74, 6) is 1.88. The Balaban J connectivity index is 1.33. The summed E-state index contributed by atoms with van der Waals surface area (Å²) >= 11 is 0. The molecule has 4 rings (SSSR count). The van der Waals surface area contributed by atoms with E-state index >= 15 is 4.39 Å². The van der Waals surface area contributed by atoms with E-state index in [1.807, 2.05) is 18.2 Å². The van der Waals surface area contributed by atoms with Gasteiger partial charge in [-0.3, -0.25) is 0 Å². The first kappa shape index (κ1) is 25.9. The van der Waals surface area contributed by atoms with Crippen LogP contribution in [0.2, 0.25) is 0 Å². The number of carbonyl (C=O) groups excluding carboxylic acids is 1. The molecular weight excluding hydrogens is 451 g/mol. The van der Waals surface area contributed by atoms with Gasteiger partial charge in [-0.25, -0.2) is 9.18 Å². The van der Waals surface area contributed by atoms with Crippen molar-refractivity contribution in [3.8, 4) is 22.6 Å². The Morgan fingerprint density at radius 1 is 0.833 bits per heavy atom. The van der Waals surface area contributed by atoms with Crippen LogP contribution in [-0.4, -0.2) is 6.16 Å². The maximum absolute atomic E-state index is 15.1. The minimum Gasteiger partial charge on any atom is -0.395 e. The normalized spacial score (nSPS) is 17.5. The highest BCUT2D eigenvalue weighted by atomic mass is 19.1. The summed E-state index contributed by atoms with van der Waals surface area (Å²) in [6, 6.07) is 19.9. The predicted molar refractivity (Wildman–Crippen MR) is 143 cm³/mol. The zero-order valence-corrected chi connectivity index (χ0v) is 21.5. The third-order valence-corrected chi connectivity index (χ3v) is 7.31. The summed E-state index contributed by atoms with van der Waals surface area (Å²) in [6.45, 7) is 4.37. The van der Waals surface area contributed by atoms with Gasteiger partial charge in [0.2, 0.25) is 0 Å². The lowest BCUT2D eigenvalue weighted by atomic mass is 9.77. The van der Waals surface area contributed by atoms with Crippen LogP contribution in [0, 0.1) is 11.7 Å². The second kappa shape index (κ2) is 12.7. The number of hydrogen-bond acceptors (Lipinski definition) is 3. The summed E-state index contributed by atoms with van der Waals surface area (Å²) in [4.78, 5) is 12.2. The highest BCUT2D eigenvalue weighted by Crippen LogP contribution is 2.39. The average molecular weight is 489 g/mol. The van der Waals surface area contributed by atoms with E-state index < -0.39 is 6.16 Å². The molecule has 1 fully saturated rings. The monoisotopic (exact) mass is 488 g/mol. The summed E-state index contributed by atoms with van der Waals surface area (Å²) in [6.07, 6.45) is 9.97. The van der Waals surface area contributed by atoms with Gasteiger partial charge in [0.1, 0.15) is 17.3 Å². The fourth-order valence-electron chi connectivity index (χ4n) is 5.23. The summed E-state index contributed by atoms with van der Waals surface area (Å²) < 4.78 is 25.6. The molecule has 3 aromatic carbocycles. The van der Waals surface area contributed by atoms with Crippen molar-refractivity contribution < 1.29 is 18.7 Å². The van der Waals surface area contributed by atoms with E-state index in [1.165, 1.54) is 37.7 Å². The van der Waals surface area contributed by atoms with E-state index in [2.05, 4.69) is 19.9 Å². The first-order valence-electron chi connectivity index (χ1n) is 13.4. The number of aryl methyl sites for hydroxylation is 1. The predicted octanol–water partition coefficient (Wildman–Crippen LogP) is 9.49. The molecule has 0 unspecified atom stereocenters. The van der Waals surface area contributed by atoms with Crippen molar-refractivity contribution >= 4 is 6.16 Å². The summed E-state index contributed by atoms with van der Waals surface area (Å²) in [7, 11) is 0. The van der Waals surface area contributed by atoms with Gasteiger partial charge in [-0.2, -0.15) is 0 Å². The lowest BCUT2D eigenvalue weighted by Crippen LogP contribution is -2.13. The minimum absolute atomic E-state index is 0.208. The molecule has 0 amide bonds. The van der Waals surface area contributed by atoms with Gasteiger partial charge in [0, 0.05) is 5.56 Å². The number of ether oxygens (including phenoxy) is 2. The SMILES string of the molecule is CCCC[C@H]1CC[C@H](c2ccc(-c3ccc(OC(=O)Oc4ccc(CCC)cc4)cc3)c(F)c2)CC1. The maximum atomic E-state index is 15.1. The van der Waals surface area contributed by atoms with Gasteiger partial charge in [-0.05, 0) is 91.0 Å². The number of halogens is 1. The van der Waals surface area contributed by atoms with E-state index in [1.54, 1.807) is 42.5 Å². The number of rotatable bonds is 9. The lowest BCUT2D eigenvalue weighted by molar-refractivity contribution is 0.152. The molecule has 4 heteroatoms. The Morgan fingerprint density at radius 3 is 2.06 bits per heavy atom. The molecule has 0 bridgehead atoms. The lowest BCUT2D eigenvalue weighted by Gasteiger charge is -2.29. The second-order valence-corrected chi connectivity index (χ2v) is 9.97. The van der Waals surface area contributed by atoms with E-state index in [-0.39, 0.29) is 5.82 Å². The van der Waals surface area contributed by atoms with Gasteiger partial charge in [0.05, 0.1) is 0 Å². The number of unbranched alkanes of at least 4 members (excludes halogenated alkanes) is 1. The summed E-state index contributed by atoms with van der Waals surface area (Å²) in [5.41, 5.74) is 3.60. The Kier molecular flexibility index (Phi) is 9.16. The molecule has 0 aliphatic heterocycles. The van der Waals surface area contributed by atoms with E-state index in [4.69, 9.17) is 9.47 Å². The van der Waals surface area contributed by atoms with Crippen LogP contribution in [0.25, 0.3) is 11.1 Å². The number of carbonyl (C=O) groups is 1. The molecule has 3 aromatic rings. The molecular formula is C32H37FO3. The van der Waals surface area contributed by atoms with Crippen LogP contribution < -0.4 is 9.47 Å². The van der Waals surface area contributed by atoms with Crippen LogP contribution in [0.3, 0.4) is 0 Å². The van der Waals surface area contributed by atoms with Crippen LogP contribution in [-0.2, 0) is 6.42 Å². The van der Waals surface area contributed by atoms with Crippen LogP contribution in [0.4, 0.5) is 9.18 Å². The van der Waals surface area contributed by atoms with Crippen LogP contribution in [0.5, 0.6) is 11.5 Å². The van der Waals surface area contributed by atoms with Crippen molar-refractivity contribution in [1.82, 2.24) is 0 Å². The molecule has 0 saturated heterocycles. The Bertz CT molecular complexity index is 1110. The number of hydrogen-bond donors (Lipinski definition) is 0. The Morgan fingerprint density at radius 2 is 1.47 bits per heavy atom. The van der Waals surface area contributed by atoms with Crippen molar-refractivity contribution in [3.05, 3.63) is 83.7 Å². The fraction of sp³-hybridized carbons (Fsp3) is 0.406. The molecule has 0 aromatic heterocycles. The maximum Gasteiger partial charge on any atom is 0.519 e. The summed E-state index contributed by atoms with van der Waals surface area (Å²) in [5, 5.41) is 0. The average Bonchev–Trinajstić information content (AvgIpc) is 2.89. The van der Waals surface area contributed by atoms with Gasteiger partial charge < -0.3 is 9.47 Å². The van der Waals surface area contributed by atoms with Crippen molar-refractivity contribution in [1.29, 1.82) is 0 Å². The zero-order chi connectivity index (χ0) is 25.3. The molecule has 3 nitrogen and oxygen atoms in total. The van der Waals surface area contributed by atoms with Crippen molar-refractivity contribution in [3.63, 3.8) is 0 Å². The van der Waals surface area contributed by atoms with Crippen molar-refractivity contribution in [2.45, 2.75) is 77.6 Å². The van der Waals surface area contributed by atoms with Gasteiger partial charge in [-0.1, -0.05) is 75.9 Å². The third kappa shape index (κ3) is 6.96. The molecule has 1 aliphatic rings. The zero-order valence-electron chi connectivity index (χ0n) is 21.5. The highest BCUT2D eigenvalue weighted by molar-refractivity contribution is 5.69. The molecule has 0 radical (unpaired) electrons. The first-order valence-corrected chi connectivity index (χ1v) is 13.4. The molecule has 1 aliphatic carbocycles. The van der Waals surface area contributed by atoms with E-state index in [0.29, 0.717) is 23.0 Å². The molecule has 190 valence electrons. The van der Waals surface area contributed by atoms with Crippen molar-refractivity contribution in [2.24, 2.45) is 5.92 Å². The molecule has 1 saturated carbocycles. The molecule has 0 N–H and O–H groups in total. The molecule has 36 heavy (non-hydrogen) atoms.